The van der Waals surface area contributed by atoms with E-state index >= 15 is 0 Å². The van der Waals surface area contributed by atoms with E-state index in [-0.39, 0.29) is 0 Å². The summed E-state index contributed by atoms with van der Waals surface area (Å²) in [5.41, 5.74) is 1.53. The molecule has 0 spiro atoms. The fourth-order valence-electron chi connectivity index (χ4n) is 6.52. The molecular formula is C41H78N+. The Kier molecular flexibility index (Phi) is 30.8. The number of hydrogen-bond acceptors (Lipinski definition) is 0. The van der Waals surface area contributed by atoms with Gasteiger partial charge in [-0.2, -0.15) is 0 Å². The first-order chi connectivity index (χ1) is 20.9. The van der Waals surface area contributed by atoms with Gasteiger partial charge in [0.15, 0.2) is 12.4 Å². The van der Waals surface area contributed by atoms with Crippen LogP contribution in [-0.2, 0) is 13.0 Å². The molecule has 0 aliphatic rings. The SMILES string of the molecule is CCCCCCCCCCCCCCCCCCCc1cc[n+](CCCCCCCCCCCCCCCCC)cc1. The smallest absolute Gasteiger partial charge is 0.169 e. The summed E-state index contributed by atoms with van der Waals surface area (Å²) < 4.78 is 2.40. The normalized spacial score (nSPS) is 11.5. The third-order valence-corrected chi connectivity index (χ3v) is 9.55. The summed E-state index contributed by atoms with van der Waals surface area (Å²) in [6.07, 6.45) is 52.2. The lowest BCUT2D eigenvalue weighted by molar-refractivity contribution is -0.697. The number of aromatic nitrogens is 1. The fraction of sp³-hybridized carbons (Fsp3) is 0.878. The molecule has 1 aromatic heterocycles. The van der Waals surface area contributed by atoms with Gasteiger partial charge in [0.1, 0.15) is 6.54 Å². The molecule has 1 rings (SSSR count). The van der Waals surface area contributed by atoms with Gasteiger partial charge in [0.05, 0.1) is 0 Å². The van der Waals surface area contributed by atoms with E-state index in [0.717, 1.165) is 0 Å². The molecule has 0 N–H and O–H groups in total. The lowest BCUT2D eigenvalue weighted by atomic mass is 10.0. The van der Waals surface area contributed by atoms with Gasteiger partial charge >= 0.3 is 0 Å². The van der Waals surface area contributed by atoms with Gasteiger partial charge in [0.25, 0.3) is 0 Å². The van der Waals surface area contributed by atoms with Crippen LogP contribution in [0.3, 0.4) is 0 Å². The zero-order chi connectivity index (χ0) is 30.0. The van der Waals surface area contributed by atoms with E-state index in [9.17, 15) is 0 Å². The summed E-state index contributed by atoms with van der Waals surface area (Å²) in [6, 6.07) is 4.75. The standard InChI is InChI=1S/C41H78N/c1-3-5-7-9-11-13-15-17-19-20-21-23-25-27-29-31-33-35-41-36-39-42(40-37-41)38-34-32-30-28-26-24-22-18-16-14-12-10-8-6-4-2/h36-37,39-40H,3-35,38H2,1-2H3/q+1. The molecule has 0 atom stereocenters. The first-order valence-electron chi connectivity index (χ1n) is 19.8. The first-order valence-corrected chi connectivity index (χ1v) is 19.8. The molecular weight excluding hydrogens is 506 g/mol. The Balaban J connectivity index is 1.81. The Labute approximate surface area is 266 Å². The predicted octanol–water partition coefficient (Wildman–Crippen LogP) is 14.0. The highest BCUT2D eigenvalue weighted by Gasteiger charge is 2.02. The monoisotopic (exact) mass is 585 g/mol. The van der Waals surface area contributed by atoms with E-state index in [2.05, 4.69) is 42.9 Å². The summed E-state index contributed by atoms with van der Waals surface area (Å²) >= 11 is 0. The third kappa shape index (κ3) is 28.0. The van der Waals surface area contributed by atoms with Gasteiger partial charge in [-0.3, -0.25) is 0 Å². The number of unbranched alkanes of at least 4 members (excludes halogenated alkanes) is 30. The van der Waals surface area contributed by atoms with Crippen LogP contribution in [0, 0.1) is 0 Å². The second-order valence-electron chi connectivity index (χ2n) is 13.8. The van der Waals surface area contributed by atoms with E-state index < -0.39 is 0 Å². The number of aryl methyl sites for hydroxylation is 2. The summed E-state index contributed by atoms with van der Waals surface area (Å²) in [4.78, 5) is 0. The second kappa shape index (κ2) is 33.1. The van der Waals surface area contributed by atoms with Gasteiger partial charge in [-0.1, -0.05) is 200 Å². The molecule has 0 aliphatic heterocycles. The Hall–Kier alpha value is -0.850. The average molecular weight is 585 g/mol. The molecule has 0 saturated heterocycles. The maximum absolute atomic E-state index is 2.40. The van der Waals surface area contributed by atoms with Crippen LogP contribution in [0.4, 0.5) is 0 Å². The second-order valence-corrected chi connectivity index (χ2v) is 13.8. The van der Waals surface area contributed by atoms with Crippen molar-refractivity contribution in [2.24, 2.45) is 0 Å². The van der Waals surface area contributed by atoms with Crippen LogP contribution in [0.25, 0.3) is 0 Å². The van der Waals surface area contributed by atoms with Gasteiger partial charge in [0.2, 0.25) is 0 Å². The van der Waals surface area contributed by atoms with Crippen molar-refractivity contribution < 1.29 is 4.57 Å². The van der Waals surface area contributed by atoms with Crippen molar-refractivity contribution in [3.05, 3.63) is 30.1 Å². The minimum Gasteiger partial charge on any atom is -0.205 e. The molecule has 0 fully saturated rings. The summed E-state index contributed by atoms with van der Waals surface area (Å²) in [5.74, 6) is 0. The van der Waals surface area contributed by atoms with Crippen LogP contribution in [0.5, 0.6) is 0 Å². The minimum absolute atomic E-state index is 1.19. The van der Waals surface area contributed by atoms with Crippen molar-refractivity contribution in [2.75, 3.05) is 0 Å². The van der Waals surface area contributed by atoms with Crippen LogP contribution < -0.4 is 4.57 Å². The molecule has 0 aliphatic carbocycles. The van der Waals surface area contributed by atoms with E-state index in [1.807, 2.05) is 0 Å². The van der Waals surface area contributed by atoms with Gasteiger partial charge in [0, 0.05) is 18.6 Å². The van der Waals surface area contributed by atoms with E-state index in [1.165, 1.54) is 224 Å². The molecule has 1 aromatic rings. The van der Waals surface area contributed by atoms with Crippen molar-refractivity contribution in [3.63, 3.8) is 0 Å². The molecule has 246 valence electrons. The first kappa shape index (κ1) is 39.2. The van der Waals surface area contributed by atoms with Crippen molar-refractivity contribution in [3.8, 4) is 0 Å². The van der Waals surface area contributed by atoms with Crippen LogP contribution in [0.2, 0.25) is 0 Å². The molecule has 0 radical (unpaired) electrons. The maximum atomic E-state index is 2.40. The molecule has 1 heteroatoms. The lowest BCUT2D eigenvalue weighted by Crippen LogP contribution is -2.32. The van der Waals surface area contributed by atoms with E-state index in [1.54, 1.807) is 0 Å². The molecule has 0 aromatic carbocycles. The van der Waals surface area contributed by atoms with E-state index in [4.69, 9.17) is 0 Å². The van der Waals surface area contributed by atoms with Crippen LogP contribution >= 0.6 is 0 Å². The van der Waals surface area contributed by atoms with Crippen LogP contribution in [0.15, 0.2) is 24.5 Å². The van der Waals surface area contributed by atoms with Gasteiger partial charge in [-0.05, 0) is 24.8 Å². The Bertz CT molecular complexity index is 620. The number of hydrogen-bond donors (Lipinski definition) is 0. The highest BCUT2D eigenvalue weighted by molar-refractivity contribution is 5.07. The molecule has 1 nitrogen and oxygen atoms in total. The van der Waals surface area contributed by atoms with Crippen molar-refractivity contribution in [1.29, 1.82) is 0 Å². The van der Waals surface area contributed by atoms with Gasteiger partial charge in [-0.25, -0.2) is 4.57 Å². The highest BCUT2D eigenvalue weighted by atomic mass is 14.9. The van der Waals surface area contributed by atoms with Crippen molar-refractivity contribution in [2.45, 2.75) is 232 Å². The Morgan fingerprint density at radius 2 is 0.595 bits per heavy atom. The number of nitrogens with zero attached hydrogens (tertiary/aromatic N) is 1. The molecule has 0 amide bonds. The molecule has 0 unspecified atom stereocenters. The highest BCUT2D eigenvalue weighted by Crippen LogP contribution is 2.16. The quantitative estimate of drug-likeness (QED) is 0.0560. The lowest BCUT2D eigenvalue weighted by Gasteiger charge is -2.04. The van der Waals surface area contributed by atoms with Gasteiger partial charge in [-0.15, -0.1) is 0 Å². The maximum Gasteiger partial charge on any atom is 0.169 e. The molecule has 0 saturated carbocycles. The predicted molar refractivity (Wildman–Crippen MR) is 189 cm³/mol. The third-order valence-electron chi connectivity index (χ3n) is 9.55. The Morgan fingerprint density at radius 3 is 0.905 bits per heavy atom. The van der Waals surface area contributed by atoms with Crippen LogP contribution in [-0.4, -0.2) is 0 Å². The molecule has 1 heterocycles. The van der Waals surface area contributed by atoms with Gasteiger partial charge < -0.3 is 0 Å². The zero-order valence-electron chi connectivity index (χ0n) is 29.3. The van der Waals surface area contributed by atoms with E-state index in [0.29, 0.717) is 0 Å². The number of rotatable bonds is 34. The van der Waals surface area contributed by atoms with Crippen LogP contribution in [0.1, 0.15) is 225 Å². The topological polar surface area (TPSA) is 3.88 Å². The average Bonchev–Trinajstić information content (AvgIpc) is 3.01. The minimum atomic E-state index is 1.19. The largest absolute Gasteiger partial charge is 0.205 e. The zero-order valence-corrected chi connectivity index (χ0v) is 29.3. The fourth-order valence-corrected chi connectivity index (χ4v) is 6.52. The molecule has 0 bridgehead atoms. The number of pyridine rings is 1. The van der Waals surface area contributed by atoms with Crippen molar-refractivity contribution >= 4 is 0 Å². The summed E-state index contributed by atoms with van der Waals surface area (Å²) in [7, 11) is 0. The summed E-state index contributed by atoms with van der Waals surface area (Å²) in [6.45, 7) is 5.80. The summed E-state index contributed by atoms with van der Waals surface area (Å²) in [5, 5.41) is 0. The van der Waals surface area contributed by atoms with Crippen molar-refractivity contribution in [1.82, 2.24) is 0 Å². The molecule has 42 heavy (non-hydrogen) atoms. The Morgan fingerprint density at radius 1 is 0.333 bits per heavy atom.